The fourth-order valence-electron chi connectivity index (χ4n) is 1.36. The van der Waals surface area contributed by atoms with Crippen molar-refractivity contribution in [3.8, 4) is 0 Å². The molecule has 0 saturated heterocycles. The molecule has 14 heavy (non-hydrogen) atoms. The Morgan fingerprint density at radius 3 is 3.00 bits per heavy atom. The quantitative estimate of drug-likeness (QED) is 0.700. The molecule has 0 fully saturated rings. The van der Waals surface area contributed by atoms with Crippen LogP contribution in [-0.4, -0.2) is 26.7 Å². The Bertz CT molecular complexity index is 359. The van der Waals surface area contributed by atoms with Crippen LogP contribution in [0.2, 0.25) is 0 Å². The number of halogens is 1. The van der Waals surface area contributed by atoms with E-state index in [0.29, 0.717) is 0 Å². The van der Waals surface area contributed by atoms with E-state index in [-0.39, 0.29) is 11.5 Å². The van der Waals surface area contributed by atoms with Gasteiger partial charge < -0.3 is 9.40 Å². The summed E-state index contributed by atoms with van der Waals surface area (Å²) in [6, 6.07) is 0. The summed E-state index contributed by atoms with van der Waals surface area (Å²) < 4.78 is 1.88. The van der Waals surface area contributed by atoms with E-state index >= 15 is 0 Å². The Balaban J connectivity index is 2.09. The zero-order valence-corrected chi connectivity index (χ0v) is 8.90. The summed E-state index contributed by atoms with van der Waals surface area (Å²) in [6.45, 7) is 1.91. The van der Waals surface area contributed by atoms with E-state index < -0.39 is 0 Å². The van der Waals surface area contributed by atoms with Crippen LogP contribution < -0.4 is 0 Å². The smallest absolute Gasteiger partial charge is 0.149 e. The Kier molecular flexibility index (Phi) is 2.46. The molecule has 0 amide bonds. The van der Waals surface area contributed by atoms with Gasteiger partial charge in [-0.2, -0.15) is 0 Å². The predicted molar refractivity (Wildman–Crippen MR) is 54.6 cm³/mol. The molecular formula is C9H12ClN3O. The standard InChI is InChI=1S/C9H12ClN3O/c1-6(10)9-3-7(12-14-9)8-4-13(2)5-11-8/h4-6,9H,3H2,1-2H3. The van der Waals surface area contributed by atoms with Gasteiger partial charge in [0, 0.05) is 19.7 Å². The average molecular weight is 214 g/mol. The third-order valence-electron chi connectivity index (χ3n) is 2.21. The van der Waals surface area contributed by atoms with Crippen LogP contribution in [0, 0.1) is 0 Å². The molecule has 2 atom stereocenters. The summed E-state index contributed by atoms with van der Waals surface area (Å²) in [4.78, 5) is 9.40. The van der Waals surface area contributed by atoms with E-state index in [2.05, 4.69) is 10.1 Å². The molecule has 2 unspecified atom stereocenters. The van der Waals surface area contributed by atoms with Crippen molar-refractivity contribution >= 4 is 17.3 Å². The van der Waals surface area contributed by atoms with E-state index in [1.165, 1.54) is 0 Å². The molecule has 0 saturated carbocycles. The lowest BCUT2D eigenvalue weighted by atomic mass is 10.1. The second-order valence-corrected chi connectivity index (χ2v) is 4.18. The molecule has 5 heteroatoms. The van der Waals surface area contributed by atoms with E-state index in [9.17, 15) is 0 Å². The van der Waals surface area contributed by atoms with Crippen LogP contribution in [0.25, 0.3) is 0 Å². The molecule has 1 aliphatic heterocycles. The zero-order valence-electron chi connectivity index (χ0n) is 8.14. The highest BCUT2D eigenvalue weighted by Crippen LogP contribution is 2.20. The lowest BCUT2D eigenvalue weighted by molar-refractivity contribution is 0.0855. The van der Waals surface area contributed by atoms with Crippen molar-refractivity contribution in [2.24, 2.45) is 12.2 Å². The highest BCUT2D eigenvalue weighted by atomic mass is 35.5. The molecule has 0 aliphatic carbocycles. The maximum Gasteiger partial charge on any atom is 0.149 e. The number of hydrogen-bond acceptors (Lipinski definition) is 3. The fourth-order valence-corrected chi connectivity index (χ4v) is 1.49. The van der Waals surface area contributed by atoms with Crippen molar-refractivity contribution in [2.75, 3.05) is 0 Å². The second-order valence-electron chi connectivity index (χ2n) is 3.49. The number of alkyl halides is 1. The van der Waals surface area contributed by atoms with Crippen LogP contribution >= 0.6 is 11.6 Å². The van der Waals surface area contributed by atoms with Crippen molar-refractivity contribution < 1.29 is 4.84 Å². The molecule has 0 radical (unpaired) electrons. The van der Waals surface area contributed by atoms with Crippen LogP contribution in [0.1, 0.15) is 19.0 Å². The van der Waals surface area contributed by atoms with Gasteiger partial charge in [-0.25, -0.2) is 4.98 Å². The van der Waals surface area contributed by atoms with Gasteiger partial charge in [0.15, 0.2) is 0 Å². The van der Waals surface area contributed by atoms with Gasteiger partial charge in [0.25, 0.3) is 0 Å². The zero-order chi connectivity index (χ0) is 10.1. The molecular weight excluding hydrogens is 202 g/mol. The number of rotatable bonds is 2. The predicted octanol–water partition coefficient (Wildman–Crippen LogP) is 1.54. The first-order chi connectivity index (χ1) is 6.66. The Hall–Kier alpha value is -1.03. The number of imidazole rings is 1. The SMILES string of the molecule is CC(Cl)C1CC(c2cn(C)cn2)=NO1. The highest BCUT2D eigenvalue weighted by molar-refractivity contribution is 6.21. The minimum Gasteiger partial charge on any atom is -0.390 e. The van der Waals surface area contributed by atoms with Gasteiger partial charge in [-0.15, -0.1) is 11.6 Å². The van der Waals surface area contributed by atoms with E-state index in [4.69, 9.17) is 16.4 Å². The number of hydrogen-bond donors (Lipinski definition) is 0. The lowest BCUT2D eigenvalue weighted by Gasteiger charge is -2.08. The molecule has 0 bridgehead atoms. The maximum absolute atomic E-state index is 5.92. The second kappa shape index (κ2) is 3.61. The summed E-state index contributed by atoms with van der Waals surface area (Å²) >= 11 is 5.92. The Labute approximate surface area is 87.5 Å². The molecule has 1 aromatic rings. The van der Waals surface area contributed by atoms with Crippen LogP contribution in [0.4, 0.5) is 0 Å². The number of nitrogens with zero attached hydrogens (tertiary/aromatic N) is 3. The minimum absolute atomic E-state index is 0.0197. The first-order valence-electron chi connectivity index (χ1n) is 4.52. The van der Waals surface area contributed by atoms with Gasteiger partial charge in [0.05, 0.1) is 11.7 Å². The van der Waals surface area contributed by atoms with Crippen molar-refractivity contribution in [2.45, 2.75) is 24.8 Å². The minimum atomic E-state index is -0.0278. The third-order valence-corrected chi connectivity index (χ3v) is 2.49. The summed E-state index contributed by atoms with van der Waals surface area (Å²) in [6.07, 6.45) is 4.38. The number of aromatic nitrogens is 2. The van der Waals surface area contributed by atoms with E-state index in [1.54, 1.807) is 6.33 Å². The molecule has 2 rings (SSSR count). The van der Waals surface area contributed by atoms with Crippen LogP contribution in [0.3, 0.4) is 0 Å². The summed E-state index contributed by atoms with van der Waals surface area (Å²) in [5.74, 6) is 0. The fraction of sp³-hybridized carbons (Fsp3) is 0.556. The Morgan fingerprint density at radius 2 is 2.50 bits per heavy atom. The van der Waals surface area contributed by atoms with Gasteiger partial charge >= 0.3 is 0 Å². The molecule has 0 spiro atoms. The van der Waals surface area contributed by atoms with Crippen molar-refractivity contribution in [1.82, 2.24) is 9.55 Å². The normalized spacial score (nSPS) is 23.1. The van der Waals surface area contributed by atoms with Crippen molar-refractivity contribution in [1.29, 1.82) is 0 Å². The van der Waals surface area contributed by atoms with Gasteiger partial charge in [-0.1, -0.05) is 5.16 Å². The summed E-state index contributed by atoms with van der Waals surface area (Å²) in [7, 11) is 1.93. The average Bonchev–Trinajstić information content (AvgIpc) is 2.70. The molecule has 0 N–H and O–H groups in total. The number of aryl methyl sites for hydroxylation is 1. The largest absolute Gasteiger partial charge is 0.390 e. The first-order valence-corrected chi connectivity index (χ1v) is 4.95. The topological polar surface area (TPSA) is 39.4 Å². The van der Waals surface area contributed by atoms with Gasteiger partial charge in [-0.05, 0) is 6.92 Å². The molecule has 76 valence electrons. The van der Waals surface area contributed by atoms with E-state index in [0.717, 1.165) is 17.8 Å². The van der Waals surface area contributed by atoms with Crippen LogP contribution in [0.5, 0.6) is 0 Å². The summed E-state index contributed by atoms with van der Waals surface area (Å²) in [5.41, 5.74) is 1.75. The Morgan fingerprint density at radius 1 is 1.71 bits per heavy atom. The first kappa shape index (κ1) is 9.52. The van der Waals surface area contributed by atoms with Gasteiger partial charge in [-0.3, -0.25) is 0 Å². The maximum atomic E-state index is 5.92. The lowest BCUT2D eigenvalue weighted by Crippen LogP contribution is -2.18. The third kappa shape index (κ3) is 1.75. The highest BCUT2D eigenvalue weighted by Gasteiger charge is 2.27. The van der Waals surface area contributed by atoms with Gasteiger partial charge in [0.2, 0.25) is 0 Å². The molecule has 0 aromatic carbocycles. The monoisotopic (exact) mass is 213 g/mol. The molecule has 1 aromatic heterocycles. The molecule has 4 nitrogen and oxygen atoms in total. The van der Waals surface area contributed by atoms with Crippen LogP contribution in [0.15, 0.2) is 17.7 Å². The molecule has 1 aliphatic rings. The number of oxime groups is 1. The van der Waals surface area contributed by atoms with Crippen molar-refractivity contribution in [3.05, 3.63) is 18.2 Å². The van der Waals surface area contributed by atoms with Gasteiger partial charge in [0.1, 0.15) is 17.5 Å². The molecule has 2 heterocycles. The summed E-state index contributed by atoms with van der Waals surface area (Å²) in [5, 5.41) is 3.95. The van der Waals surface area contributed by atoms with E-state index in [1.807, 2.05) is 24.7 Å². The van der Waals surface area contributed by atoms with Crippen LogP contribution in [-0.2, 0) is 11.9 Å². The van der Waals surface area contributed by atoms with Crippen molar-refractivity contribution in [3.63, 3.8) is 0 Å².